The summed E-state index contributed by atoms with van der Waals surface area (Å²) >= 11 is 0. The summed E-state index contributed by atoms with van der Waals surface area (Å²) in [7, 11) is -0.439. The Bertz CT molecular complexity index is 1080. The molecule has 1 aliphatic carbocycles. The molecule has 0 bridgehead atoms. The number of amides is 1. The number of carbonyl (C=O) groups excluding carboxylic acids is 1. The van der Waals surface area contributed by atoms with Crippen molar-refractivity contribution < 1.29 is 22.7 Å². The molecule has 1 amide bonds. The molecule has 3 rings (SSSR count). The van der Waals surface area contributed by atoms with Crippen molar-refractivity contribution in [2.75, 3.05) is 27.3 Å². The van der Waals surface area contributed by atoms with Crippen molar-refractivity contribution in [3.8, 4) is 11.5 Å². The van der Waals surface area contributed by atoms with Gasteiger partial charge in [-0.05, 0) is 62.6 Å². The second-order valence-electron chi connectivity index (χ2n) is 8.58. The van der Waals surface area contributed by atoms with E-state index in [1.54, 1.807) is 37.3 Å². The number of nitrogens with zero attached hydrogens (tertiary/aromatic N) is 2. The van der Waals surface area contributed by atoms with E-state index in [0.29, 0.717) is 36.8 Å². The quantitative estimate of drug-likeness (QED) is 0.484. The van der Waals surface area contributed by atoms with E-state index in [1.807, 2.05) is 32.0 Å². The molecule has 0 aromatic heterocycles. The Morgan fingerprint density at radius 2 is 1.76 bits per heavy atom. The van der Waals surface area contributed by atoms with Crippen LogP contribution in [0.2, 0.25) is 0 Å². The summed E-state index contributed by atoms with van der Waals surface area (Å²) in [4.78, 5) is 15.2. The van der Waals surface area contributed by atoms with Crippen LogP contribution in [0.5, 0.6) is 11.5 Å². The van der Waals surface area contributed by atoms with Crippen molar-refractivity contribution in [2.45, 2.75) is 63.4 Å². The maximum atomic E-state index is 13.3. The zero-order valence-electron chi connectivity index (χ0n) is 20.6. The molecule has 0 aliphatic heterocycles. The number of sulfonamides is 1. The number of benzene rings is 2. The third-order valence-corrected chi connectivity index (χ3v) is 8.32. The zero-order valence-corrected chi connectivity index (χ0v) is 21.4. The number of hydrogen-bond acceptors (Lipinski definition) is 5. The first-order chi connectivity index (χ1) is 16.3. The number of rotatable bonds is 10. The molecule has 0 saturated heterocycles. The van der Waals surface area contributed by atoms with Crippen LogP contribution in [-0.2, 0) is 16.6 Å². The molecule has 1 aliphatic rings. The first-order valence-corrected chi connectivity index (χ1v) is 13.4. The van der Waals surface area contributed by atoms with Crippen LogP contribution in [0.15, 0.2) is 47.4 Å². The Morgan fingerprint density at radius 3 is 2.41 bits per heavy atom. The second-order valence-corrected chi connectivity index (χ2v) is 10.6. The van der Waals surface area contributed by atoms with Gasteiger partial charge >= 0.3 is 0 Å². The van der Waals surface area contributed by atoms with Gasteiger partial charge in [-0.3, -0.25) is 4.79 Å². The lowest BCUT2D eigenvalue weighted by molar-refractivity contribution is 0.0752. The number of methoxy groups -OCH3 is 1. The van der Waals surface area contributed by atoms with Gasteiger partial charge in [-0.2, -0.15) is 4.31 Å². The van der Waals surface area contributed by atoms with Gasteiger partial charge in [0.05, 0.1) is 18.6 Å². The molecule has 1 fully saturated rings. The largest absolute Gasteiger partial charge is 0.493 e. The summed E-state index contributed by atoms with van der Waals surface area (Å²) in [5.74, 6) is 1.05. The molecule has 0 atom stereocenters. The molecule has 2 aromatic carbocycles. The van der Waals surface area contributed by atoms with E-state index in [1.165, 1.54) is 10.4 Å². The van der Waals surface area contributed by atoms with Gasteiger partial charge in [0.25, 0.3) is 5.91 Å². The first-order valence-electron chi connectivity index (χ1n) is 12.0. The predicted octanol–water partition coefficient (Wildman–Crippen LogP) is 4.71. The third kappa shape index (κ3) is 5.91. The fraction of sp³-hybridized carbons (Fsp3) is 0.500. The standard InChI is InChI=1S/C26H36N2O5S/c1-5-28(19-20-15-16-24(33-6-2)25(17-20)32-4)26(29)21-11-10-14-23(18-21)34(30,31)27(3)22-12-8-7-9-13-22/h10-11,14-18,22H,5-9,12-13,19H2,1-4H3. The van der Waals surface area contributed by atoms with Crippen LogP contribution in [0.4, 0.5) is 0 Å². The SMILES string of the molecule is CCOc1ccc(CN(CC)C(=O)c2cccc(S(=O)(=O)N(C)C3CCCCC3)c2)cc1OC. The topological polar surface area (TPSA) is 76.2 Å². The van der Waals surface area contributed by atoms with Crippen molar-refractivity contribution in [2.24, 2.45) is 0 Å². The summed E-state index contributed by atoms with van der Waals surface area (Å²) in [5.41, 5.74) is 1.26. The monoisotopic (exact) mass is 488 g/mol. The molecule has 8 heteroatoms. The van der Waals surface area contributed by atoms with Crippen LogP contribution in [0, 0.1) is 0 Å². The highest BCUT2D eigenvalue weighted by Crippen LogP contribution is 2.29. The van der Waals surface area contributed by atoms with Crippen LogP contribution in [0.3, 0.4) is 0 Å². The summed E-state index contributed by atoms with van der Waals surface area (Å²) in [6.45, 7) is 5.20. The highest BCUT2D eigenvalue weighted by atomic mass is 32.2. The van der Waals surface area contributed by atoms with Crippen molar-refractivity contribution in [1.29, 1.82) is 0 Å². The first kappa shape index (κ1) is 26.0. The van der Waals surface area contributed by atoms with Gasteiger partial charge in [0.1, 0.15) is 0 Å². The predicted molar refractivity (Wildman–Crippen MR) is 133 cm³/mol. The minimum absolute atomic E-state index is 0.0138. The average molecular weight is 489 g/mol. The number of hydrogen-bond donors (Lipinski definition) is 0. The summed E-state index contributed by atoms with van der Waals surface area (Å²) in [6.07, 6.45) is 5.00. The zero-order chi connectivity index (χ0) is 24.7. The van der Waals surface area contributed by atoms with Crippen LogP contribution < -0.4 is 9.47 Å². The van der Waals surface area contributed by atoms with Gasteiger partial charge in [0.2, 0.25) is 10.0 Å². The van der Waals surface area contributed by atoms with Crippen molar-refractivity contribution >= 4 is 15.9 Å². The van der Waals surface area contributed by atoms with Crippen LogP contribution >= 0.6 is 0 Å². The third-order valence-electron chi connectivity index (χ3n) is 6.42. The minimum Gasteiger partial charge on any atom is -0.493 e. The Kier molecular flexibility index (Phi) is 8.97. The van der Waals surface area contributed by atoms with E-state index in [0.717, 1.165) is 37.7 Å². The molecule has 186 valence electrons. The van der Waals surface area contributed by atoms with E-state index in [4.69, 9.17) is 9.47 Å². The smallest absolute Gasteiger partial charge is 0.254 e. The van der Waals surface area contributed by atoms with Gasteiger partial charge in [-0.25, -0.2) is 8.42 Å². The molecule has 7 nitrogen and oxygen atoms in total. The molecular weight excluding hydrogens is 452 g/mol. The highest BCUT2D eigenvalue weighted by molar-refractivity contribution is 7.89. The van der Waals surface area contributed by atoms with Gasteiger partial charge in [0.15, 0.2) is 11.5 Å². The summed E-state index contributed by atoms with van der Waals surface area (Å²) in [5, 5.41) is 0. The molecule has 0 heterocycles. The van der Waals surface area contributed by atoms with E-state index < -0.39 is 10.0 Å². The van der Waals surface area contributed by atoms with Gasteiger partial charge in [0, 0.05) is 31.7 Å². The minimum atomic E-state index is -3.67. The van der Waals surface area contributed by atoms with Crippen LogP contribution in [0.1, 0.15) is 61.9 Å². The van der Waals surface area contributed by atoms with Gasteiger partial charge in [-0.15, -0.1) is 0 Å². The number of carbonyl (C=O) groups is 1. The molecule has 0 radical (unpaired) electrons. The fourth-order valence-corrected chi connectivity index (χ4v) is 5.87. The Balaban J connectivity index is 1.80. The molecule has 0 N–H and O–H groups in total. The number of ether oxygens (including phenoxy) is 2. The maximum Gasteiger partial charge on any atom is 0.254 e. The Labute approximate surface area is 203 Å². The fourth-order valence-electron chi connectivity index (χ4n) is 4.41. The Hall–Kier alpha value is -2.58. The van der Waals surface area contributed by atoms with E-state index >= 15 is 0 Å². The second kappa shape index (κ2) is 11.7. The summed E-state index contributed by atoms with van der Waals surface area (Å²) < 4.78 is 39.0. The van der Waals surface area contributed by atoms with Gasteiger partial charge < -0.3 is 14.4 Å². The lowest BCUT2D eigenvalue weighted by atomic mass is 9.96. The molecule has 2 aromatic rings. The molecule has 34 heavy (non-hydrogen) atoms. The molecular formula is C26H36N2O5S. The molecule has 0 unspecified atom stereocenters. The summed E-state index contributed by atoms with van der Waals surface area (Å²) in [6, 6.07) is 12.0. The van der Waals surface area contributed by atoms with Crippen molar-refractivity contribution in [3.63, 3.8) is 0 Å². The normalized spacial score (nSPS) is 14.7. The van der Waals surface area contributed by atoms with E-state index in [2.05, 4.69) is 0 Å². The van der Waals surface area contributed by atoms with Gasteiger partial charge in [-0.1, -0.05) is 31.4 Å². The Morgan fingerprint density at radius 1 is 1.03 bits per heavy atom. The molecule has 1 saturated carbocycles. The van der Waals surface area contributed by atoms with Crippen molar-refractivity contribution in [3.05, 3.63) is 53.6 Å². The van der Waals surface area contributed by atoms with Crippen molar-refractivity contribution in [1.82, 2.24) is 9.21 Å². The maximum absolute atomic E-state index is 13.3. The van der Waals surface area contributed by atoms with Crippen LogP contribution in [0.25, 0.3) is 0 Å². The lowest BCUT2D eigenvalue weighted by Gasteiger charge is -2.30. The van der Waals surface area contributed by atoms with E-state index in [9.17, 15) is 13.2 Å². The average Bonchev–Trinajstić information content (AvgIpc) is 2.87. The van der Waals surface area contributed by atoms with E-state index in [-0.39, 0.29) is 16.8 Å². The lowest BCUT2D eigenvalue weighted by Crippen LogP contribution is -2.38. The molecule has 0 spiro atoms. The highest BCUT2D eigenvalue weighted by Gasteiger charge is 2.29. The van der Waals surface area contributed by atoms with Crippen LogP contribution in [-0.4, -0.2) is 56.9 Å².